The van der Waals surface area contributed by atoms with Crippen LogP contribution in [0.1, 0.15) is 41.0 Å². The van der Waals surface area contributed by atoms with Crippen LogP contribution in [-0.2, 0) is 9.47 Å². The van der Waals surface area contributed by atoms with Crippen LogP contribution in [0.2, 0.25) is 5.04 Å². The molecule has 2 saturated heterocycles. The van der Waals surface area contributed by atoms with E-state index in [9.17, 15) is 9.59 Å². The van der Waals surface area contributed by atoms with Crippen LogP contribution in [0.4, 0.5) is 4.79 Å². The summed E-state index contributed by atoms with van der Waals surface area (Å²) in [7, 11) is -3.17. The number of hydrogen-bond donors (Lipinski definition) is 1. The zero-order chi connectivity index (χ0) is 24.7. The molecule has 2 aromatic rings. The first-order valence-electron chi connectivity index (χ1n) is 12.0. The van der Waals surface area contributed by atoms with Crippen molar-refractivity contribution in [3.63, 3.8) is 0 Å². The molecule has 0 bridgehead atoms. The molecule has 1 amide bonds. The second kappa shape index (κ2) is 9.30. The van der Waals surface area contributed by atoms with Gasteiger partial charge in [0.1, 0.15) is 5.60 Å². The van der Waals surface area contributed by atoms with Gasteiger partial charge in [0.25, 0.3) is 8.32 Å². The Balaban J connectivity index is 1.66. The second-order valence-electron chi connectivity index (χ2n) is 11.2. The average Bonchev–Trinajstić information content (AvgIpc) is 3.34. The highest BCUT2D eigenvalue weighted by atomic mass is 35.5. The predicted octanol–water partition coefficient (Wildman–Crippen LogP) is 4.15. The maximum Gasteiger partial charge on any atom is 0.410 e. The average molecular weight is 502 g/mol. The number of amides is 1. The van der Waals surface area contributed by atoms with Crippen molar-refractivity contribution < 1.29 is 19.1 Å². The van der Waals surface area contributed by atoms with Gasteiger partial charge in [-0.15, -0.1) is 11.6 Å². The van der Waals surface area contributed by atoms with Gasteiger partial charge in [0.2, 0.25) is 0 Å². The molecule has 4 atom stereocenters. The van der Waals surface area contributed by atoms with Gasteiger partial charge in [-0.2, -0.15) is 0 Å². The van der Waals surface area contributed by atoms with E-state index < -0.39 is 19.0 Å². The van der Waals surface area contributed by atoms with Crippen molar-refractivity contribution in [2.24, 2.45) is 5.92 Å². The highest BCUT2D eigenvalue weighted by Crippen LogP contribution is 2.47. The van der Waals surface area contributed by atoms with E-state index in [1.807, 2.05) is 81.4 Å². The van der Waals surface area contributed by atoms with Crippen LogP contribution in [0, 0.1) is 5.92 Å². The monoisotopic (exact) mass is 501 g/mol. The molecule has 0 aliphatic carbocycles. The lowest BCUT2D eigenvalue weighted by atomic mass is 9.90. The summed E-state index contributed by atoms with van der Waals surface area (Å²) in [6, 6.07) is 19.9. The van der Waals surface area contributed by atoms with Gasteiger partial charge in [0, 0.05) is 12.5 Å². The molecule has 2 aromatic carbocycles. The SMILES string of the molecule is CC(C)(C)OC(=O)N1C[C@@H](Cl)[C@H]2OC[C@H](CC(C)(C)[Si](O)(c3ccccc3)c3ccccc3)[C@H]21. The van der Waals surface area contributed by atoms with E-state index in [2.05, 4.69) is 13.8 Å². The number of carbonyl (C=O) groups is 1. The Labute approximate surface area is 209 Å². The molecule has 2 aliphatic rings. The zero-order valence-electron chi connectivity index (χ0n) is 20.7. The Morgan fingerprint density at radius 3 is 2.09 bits per heavy atom. The number of rotatable bonds is 5. The minimum absolute atomic E-state index is 0.0442. The first kappa shape index (κ1) is 25.2. The topological polar surface area (TPSA) is 59.0 Å². The molecule has 184 valence electrons. The molecular weight excluding hydrogens is 466 g/mol. The van der Waals surface area contributed by atoms with Gasteiger partial charge in [0.15, 0.2) is 0 Å². The summed E-state index contributed by atoms with van der Waals surface area (Å²) in [6.45, 7) is 10.8. The highest BCUT2D eigenvalue weighted by molar-refractivity contribution is 6.98. The number of benzene rings is 2. The van der Waals surface area contributed by atoms with Gasteiger partial charge >= 0.3 is 6.09 Å². The quantitative estimate of drug-likeness (QED) is 0.494. The van der Waals surface area contributed by atoms with Crippen LogP contribution in [0.15, 0.2) is 60.7 Å². The lowest BCUT2D eigenvalue weighted by molar-refractivity contribution is 0.0176. The normalized spacial score (nSPS) is 25.3. The minimum Gasteiger partial charge on any atom is -0.444 e. The lowest BCUT2D eigenvalue weighted by Gasteiger charge is -2.43. The third-order valence-electron chi connectivity index (χ3n) is 7.17. The van der Waals surface area contributed by atoms with E-state index in [4.69, 9.17) is 21.1 Å². The van der Waals surface area contributed by atoms with Crippen molar-refractivity contribution in [2.45, 2.75) is 69.2 Å². The van der Waals surface area contributed by atoms with Gasteiger partial charge in [-0.3, -0.25) is 0 Å². The van der Waals surface area contributed by atoms with E-state index in [-0.39, 0.29) is 29.5 Å². The molecule has 7 heteroatoms. The number of ether oxygens (including phenoxy) is 2. The fourth-order valence-corrected chi connectivity index (χ4v) is 9.84. The molecule has 2 heterocycles. The Bertz CT molecular complexity index is 955. The van der Waals surface area contributed by atoms with E-state index >= 15 is 0 Å². The summed E-state index contributed by atoms with van der Waals surface area (Å²) < 4.78 is 11.8. The summed E-state index contributed by atoms with van der Waals surface area (Å²) in [5.74, 6) is 0.0442. The van der Waals surface area contributed by atoms with Crippen molar-refractivity contribution in [3.8, 4) is 0 Å². The fraction of sp³-hybridized carbons (Fsp3) is 0.519. The molecule has 2 fully saturated rings. The maximum atomic E-state index is 13.0. The number of nitrogens with zero attached hydrogens (tertiary/aromatic N) is 1. The fourth-order valence-electron chi connectivity index (χ4n) is 5.67. The van der Waals surface area contributed by atoms with Crippen LogP contribution >= 0.6 is 11.6 Å². The maximum absolute atomic E-state index is 13.0. The molecule has 0 saturated carbocycles. The zero-order valence-corrected chi connectivity index (χ0v) is 22.5. The Morgan fingerprint density at radius 1 is 1.06 bits per heavy atom. The Morgan fingerprint density at radius 2 is 1.59 bits per heavy atom. The largest absolute Gasteiger partial charge is 0.444 e. The first-order chi connectivity index (χ1) is 15.9. The molecular formula is C27H36ClNO4Si. The summed E-state index contributed by atoms with van der Waals surface area (Å²) >= 11 is 6.63. The number of alkyl halides is 1. The third kappa shape index (κ3) is 4.65. The summed E-state index contributed by atoms with van der Waals surface area (Å²) in [4.78, 5) is 27.3. The lowest BCUT2D eigenvalue weighted by Crippen LogP contribution is -2.66. The van der Waals surface area contributed by atoms with Crippen LogP contribution in [0.25, 0.3) is 0 Å². The van der Waals surface area contributed by atoms with E-state index in [0.29, 0.717) is 19.6 Å². The number of likely N-dealkylation sites (tertiary alicyclic amines) is 1. The van der Waals surface area contributed by atoms with Crippen molar-refractivity contribution in [2.75, 3.05) is 13.2 Å². The molecule has 0 radical (unpaired) electrons. The van der Waals surface area contributed by atoms with Gasteiger partial charge in [0.05, 0.1) is 24.1 Å². The van der Waals surface area contributed by atoms with E-state index in [1.165, 1.54) is 0 Å². The standard InChI is InChI=1S/C27H36ClNO4Si/c1-26(2,3)33-25(30)29-17-22(28)24-23(29)19(18-32-24)16-27(4,5)34(31,20-12-8-6-9-13-20)21-14-10-7-11-15-21/h6-15,19,22-24,31H,16-18H2,1-5H3/t19-,22+,23+,24+/m0/s1. The third-order valence-corrected chi connectivity index (χ3v) is 12.1. The van der Waals surface area contributed by atoms with E-state index in [1.54, 1.807) is 4.90 Å². The molecule has 34 heavy (non-hydrogen) atoms. The van der Waals surface area contributed by atoms with E-state index in [0.717, 1.165) is 10.4 Å². The van der Waals surface area contributed by atoms with Crippen LogP contribution in [0.3, 0.4) is 0 Å². The van der Waals surface area contributed by atoms with Crippen molar-refractivity contribution in [3.05, 3.63) is 60.7 Å². The van der Waals surface area contributed by atoms with Crippen molar-refractivity contribution >= 4 is 36.4 Å². The van der Waals surface area contributed by atoms with Crippen LogP contribution in [-0.4, -0.2) is 60.4 Å². The summed E-state index contributed by atoms with van der Waals surface area (Å²) in [5, 5.41) is 1.24. The first-order valence-corrected chi connectivity index (χ1v) is 14.4. The van der Waals surface area contributed by atoms with Crippen molar-refractivity contribution in [1.29, 1.82) is 0 Å². The molecule has 0 spiro atoms. The van der Waals surface area contributed by atoms with Gasteiger partial charge in [-0.05, 0) is 42.6 Å². The van der Waals surface area contributed by atoms with Gasteiger partial charge in [-0.25, -0.2) is 4.79 Å². The number of fused-ring (bicyclic) bond motifs is 1. The van der Waals surface area contributed by atoms with Crippen molar-refractivity contribution in [1.82, 2.24) is 4.90 Å². The van der Waals surface area contributed by atoms with Crippen LogP contribution < -0.4 is 10.4 Å². The predicted molar refractivity (Wildman–Crippen MR) is 138 cm³/mol. The smallest absolute Gasteiger partial charge is 0.410 e. The van der Waals surface area contributed by atoms with Crippen LogP contribution in [0.5, 0.6) is 0 Å². The number of carbonyl (C=O) groups excluding carboxylic acids is 1. The Kier molecular flexibility index (Phi) is 6.90. The van der Waals surface area contributed by atoms with Gasteiger partial charge in [-0.1, -0.05) is 74.5 Å². The molecule has 4 rings (SSSR count). The Hall–Kier alpha value is -1.86. The summed E-state index contributed by atoms with van der Waals surface area (Å²) in [5.41, 5.74) is -0.584. The molecule has 5 nitrogen and oxygen atoms in total. The second-order valence-corrected chi connectivity index (χ2v) is 15.7. The number of hydrogen-bond acceptors (Lipinski definition) is 4. The highest BCUT2D eigenvalue weighted by Gasteiger charge is 2.57. The number of halogens is 1. The molecule has 0 aromatic heterocycles. The summed E-state index contributed by atoms with van der Waals surface area (Å²) in [6.07, 6.45) is 0.125. The molecule has 1 N–H and O–H groups in total. The molecule has 2 aliphatic heterocycles. The minimum atomic E-state index is -3.17. The molecule has 0 unspecified atom stereocenters. The van der Waals surface area contributed by atoms with Gasteiger partial charge < -0.3 is 19.2 Å².